The van der Waals surface area contributed by atoms with Crippen molar-refractivity contribution in [3.8, 4) is 0 Å². The summed E-state index contributed by atoms with van der Waals surface area (Å²) in [7, 11) is 0. The highest BCUT2D eigenvalue weighted by molar-refractivity contribution is 5.96. The molecule has 0 aliphatic heterocycles. The number of anilines is 2. The molecule has 2 atom stereocenters. The van der Waals surface area contributed by atoms with Crippen LogP contribution in [0.5, 0.6) is 0 Å². The number of hydrogen-bond acceptors (Lipinski definition) is 2. The van der Waals surface area contributed by atoms with Crippen molar-refractivity contribution in [3.05, 3.63) is 24.3 Å². The number of carbonyl (C=O) groups excluding carboxylic acids is 1. The quantitative estimate of drug-likeness (QED) is 0.791. The lowest BCUT2D eigenvalue weighted by atomic mass is 10.2. The normalized spacial score (nSPS) is 22.9. The van der Waals surface area contributed by atoms with Crippen LogP contribution in [-0.4, -0.2) is 12.5 Å². The van der Waals surface area contributed by atoms with Gasteiger partial charge in [-0.25, -0.2) is 0 Å². The molecule has 1 aromatic rings. The first kappa shape index (κ1) is 11.0. The smallest absolute Gasteiger partial charge is 0.230 e. The Morgan fingerprint density at radius 3 is 2.44 bits per heavy atom. The predicted octanol–water partition coefficient (Wildman–Crippen LogP) is 2.28. The molecule has 1 aliphatic carbocycles. The monoisotopic (exact) mass is 218 g/mol. The molecule has 2 N–H and O–H groups in total. The molecule has 1 saturated carbocycles. The zero-order chi connectivity index (χ0) is 11.7. The van der Waals surface area contributed by atoms with Gasteiger partial charge in [0.2, 0.25) is 5.91 Å². The number of nitrogens with two attached hydrogens (primary N) is 1. The van der Waals surface area contributed by atoms with Gasteiger partial charge in [0, 0.05) is 23.8 Å². The highest BCUT2D eigenvalue weighted by Crippen LogP contribution is 2.40. The van der Waals surface area contributed by atoms with Crippen molar-refractivity contribution >= 4 is 17.3 Å². The van der Waals surface area contributed by atoms with Gasteiger partial charge in [-0.15, -0.1) is 0 Å². The van der Waals surface area contributed by atoms with Crippen LogP contribution >= 0.6 is 0 Å². The lowest BCUT2D eigenvalue weighted by Crippen LogP contribution is -2.32. The van der Waals surface area contributed by atoms with E-state index < -0.39 is 0 Å². The lowest BCUT2D eigenvalue weighted by molar-refractivity contribution is -0.120. The van der Waals surface area contributed by atoms with Crippen molar-refractivity contribution < 1.29 is 4.79 Å². The summed E-state index contributed by atoms with van der Waals surface area (Å²) in [6, 6.07) is 7.48. The molecule has 3 nitrogen and oxygen atoms in total. The third-order valence-electron chi connectivity index (χ3n) is 3.21. The van der Waals surface area contributed by atoms with E-state index in [1.54, 1.807) is 0 Å². The lowest BCUT2D eigenvalue weighted by Gasteiger charge is -2.21. The van der Waals surface area contributed by atoms with Crippen LogP contribution in [0.3, 0.4) is 0 Å². The fraction of sp³-hybridized carbons (Fsp3) is 0.462. The van der Waals surface area contributed by atoms with E-state index >= 15 is 0 Å². The molecule has 0 heterocycles. The first-order valence-electron chi connectivity index (χ1n) is 5.80. The van der Waals surface area contributed by atoms with E-state index in [-0.39, 0.29) is 11.8 Å². The van der Waals surface area contributed by atoms with E-state index in [1.165, 1.54) is 0 Å². The minimum atomic E-state index is 0.234. The fourth-order valence-corrected chi connectivity index (χ4v) is 1.99. The molecular formula is C13H18N2O. The largest absolute Gasteiger partial charge is 0.399 e. The maximum Gasteiger partial charge on any atom is 0.230 e. The molecule has 86 valence electrons. The van der Waals surface area contributed by atoms with Crippen molar-refractivity contribution in [2.75, 3.05) is 17.2 Å². The Balaban J connectivity index is 2.15. The summed E-state index contributed by atoms with van der Waals surface area (Å²) in [6.45, 7) is 4.84. The first-order valence-corrected chi connectivity index (χ1v) is 5.80. The zero-order valence-electron chi connectivity index (χ0n) is 9.81. The Morgan fingerprint density at radius 2 is 2.00 bits per heavy atom. The Labute approximate surface area is 96.2 Å². The highest BCUT2D eigenvalue weighted by atomic mass is 16.2. The Kier molecular flexibility index (Phi) is 2.86. The van der Waals surface area contributed by atoms with Crippen LogP contribution in [0.25, 0.3) is 0 Å². The molecule has 0 radical (unpaired) electrons. The average molecular weight is 218 g/mol. The third-order valence-corrected chi connectivity index (χ3v) is 3.21. The van der Waals surface area contributed by atoms with Crippen LogP contribution in [0, 0.1) is 11.8 Å². The standard InChI is InChI=1S/C13H18N2O/c1-3-15(13(16)12-8-9(12)2)11-6-4-10(14)5-7-11/h4-7,9,12H,3,8,14H2,1-2H3. The molecule has 0 spiro atoms. The highest BCUT2D eigenvalue weighted by Gasteiger charge is 2.41. The SMILES string of the molecule is CCN(C(=O)C1CC1C)c1ccc(N)cc1. The minimum Gasteiger partial charge on any atom is -0.399 e. The fourth-order valence-electron chi connectivity index (χ4n) is 1.99. The van der Waals surface area contributed by atoms with Gasteiger partial charge in [-0.1, -0.05) is 6.92 Å². The molecule has 0 saturated heterocycles. The number of hydrogen-bond donors (Lipinski definition) is 1. The number of benzene rings is 1. The van der Waals surface area contributed by atoms with Gasteiger partial charge >= 0.3 is 0 Å². The van der Waals surface area contributed by atoms with Gasteiger partial charge in [0.15, 0.2) is 0 Å². The number of rotatable bonds is 3. The van der Waals surface area contributed by atoms with E-state index in [9.17, 15) is 4.79 Å². The molecule has 2 unspecified atom stereocenters. The van der Waals surface area contributed by atoms with Crippen molar-refractivity contribution in [2.45, 2.75) is 20.3 Å². The van der Waals surface area contributed by atoms with E-state index in [1.807, 2.05) is 36.1 Å². The number of nitrogens with zero attached hydrogens (tertiary/aromatic N) is 1. The molecule has 0 aromatic heterocycles. The second-order valence-corrected chi connectivity index (χ2v) is 4.49. The number of nitrogen functional groups attached to an aromatic ring is 1. The van der Waals surface area contributed by atoms with E-state index in [0.29, 0.717) is 12.5 Å². The molecule has 3 heteroatoms. The summed E-state index contributed by atoms with van der Waals surface area (Å²) in [4.78, 5) is 14.0. The average Bonchev–Trinajstić information content (AvgIpc) is 2.99. The van der Waals surface area contributed by atoms with Gasteiger partial charge in [0.05, 0.1) is 0 Å². The van der Waals surface area contributed by atoms with E-state index in [2.05, 4.69) is 6.92 Å². The Bertz CT molecular complexity index is 385. The number of carbonyl (C=O) groups is 1. The summed E-state index contributed by atoms with van der Waals surface area (Å²) in [5.74, 6) is 1.03. The summed E-state index contributed by atoms with van der Waals surface area (Å²) < 4.78 is 0. The van der Waals surface area contributed by atoms with E-state index in [4.69, 9.17) is 5.73 Å². The summed E-state index contributed by atoms with van der Waals surface area (Å²) in [6.07, 6.45) is 1.03. The van der Waals surface area contributed by atoms with Gasteiger partial charge in [-0.05, 0) is 43.5 Å². The molecule has 16 heavy (non-hydrogen) atoms. The molecule has 1 fully saturated rings. The summed E-state index contributed by atoms with van der Waals surface area (Å²) in [5, 5.41) is 0. The Hall–Kier alpha value is -1.51. The maximum absolute atomic E-state index is 12.1. The van der Waals surface area contributed by atoms with Crippen molar-refractivity contribution in [2.24, 2.45) is 11.8 Å². The van der Waals surface area contributed by atoms with Crippen LogP contribution in [-0.2, 0) is 4.79 Å². The first-order chi connectivity index (χ1) is 7.63. The second-order valence-electron chi connectivity index (χ2n) is 4.49. The molecule has 2 rings (SSSR count). The van der Waals surface area contributed by atoms with Crippen molar-refractivity contribution in [1.29, 1.82) is 0 Å². The van der Waals surface area contributed by atoms with Gasteiger partial charge in [0.1, 0.15) is 0 Å². The van der Waals surface area contributed by atoms with Gasteiger partial charge < -0.3 is 10.6 Å². The molecule has 0 bridgehead atoms. The van der Waals surface area contributed by atoms with E-state index in [0.717, 1.165) is 17.8 Å². The molecule has 1 aliphatic rings. The van der Waals surface area contributed by atoms with Gasteiger partial charge in [-0.3, -0.25) is 4.79 Å². The molecular weight excluding hydrogens is 200 g/mol. The summed E-state index contributed by atoms with van der Waals surface area (Å²) >= 11 is 0. The topological polar surface area (TPSA) is 46.3 Å². The van der Waals surface area contributed by atoms with Crippen LogP contribution in [0.15, 0.2) is 24.3 Å². The summed E-state index contributed by atoms with van der Waals surface area (Å²) in [5.41, 5.74) is 7.31. The van der Waals surface area contributed by atoms with Gasteiger partial charge in [0.25, 0.3) is 0 Å². The third kappa shape index (κ3) is 2.03. The van der Waals surface area contributed by atoms with Gasteiger partial charge in [-0.2, -0.15) is 0 Å². The van der Waals surface area contributed by atoms with Crippen LogP contribution in [0.2, 0.25) is 0 Å². The van der Waals surface area contributed by atoms with Crippen LogP contribution in [0.1, 0.15) is 20.3 Å². The van der Waals surface area contributed by atoms with Crippen LogP contribution in [0.4, 0.5) is 11.4 Å². The van der Waals surface area contributed by atoms with Crippen molar-refractivity contribution in [1.82, 2.24) is 0 Å². The molecule has 1 aromatic carbocycles. The van der Waals surface area contributed by atoms with Crippen LogP contribution < -0.4 is 10.6 Å². The minimum absolute atomic E-state index is 0.234. The zero-order valence-corrected chi connectivity index (χ0v) is 9.81. The van der Waals surface area contributed by atoms with Crippen molar-refractivity contribution in [3.63, 3.8) is 0 Å². The number of amides is 1. The maximum atomic E-state index is 12.1. The second kappa shape index (κ2) is 4.16. The molecule has 1 amide bonds. The predicted molar refractivity (Wildman–Crippen MR) is 66.2 cm³/mol. The Morgan fingerprint density at radius 1 is 1.44 bits per heavy atom.